The van der Waals surface area contributed by atoms with Gasteiger partial charge in [0.15, 0.2) is 0 Å². The molecule has 1 aromatic rings. The molecule has 0 aliphatic rings. The molecule has 1 amide bonds. The maximum absolute atomic E-state index is 12.8. The van der Waals surface area contributed by atoms with E-state index in [4.69, 9.17) is 0 Å². The molecule has 5 nitrogen and oxygen atoms in total. The number of anilines is 1. The Morgan fingerprint density at radius 3 is 2.57 bits per heavy atom. The summed E-state index contributed by atoms with van der Waals surface area (Å²) >= 11 is 0. The average molecular weight is 292 g/mol. The van der Waals surface area contributed by atoms with Gasteiger partial charge in [0.25, 0.3) is 5.91 Å². The van der Waals surface area contributed by atoms with Crippen LogP contribution in [0.5, 0.6) is 0 Å². The quantitative estimate of drug-likeness (QED) is 0.837. The van der Waals surface area contributed by atoms with Gasteiger partial charge in [-0.25, -0.2) is 0 Å². The Hall–Kier alpha value is -1.62. The number of likely N-dealkylation sites (N-methyl/N-ethyl adjacent to an activating group) is 2. The fourth-order valence-corrected chi connectivity index (χ4v) is 2.50. The largest absolute Gasteiger partial charge is 0.385 e. The van der Waals surface area contributed by atoms with E-state index in [2.05, 4.69) is 22.1 Å². The van der Waals surface area contributed by atoms with Gasteiger partial charge in [0, 0.05) is 37.6 Å². The Morgan fingerprint density at radius 1 is 1.38 bits per heavy atom. The summed E-state index contributed by atoms with van der Waals surface area (Å²) in [6, 6.07) is 2.09. The zero-order chi connectivity index (χ0) is 16.0. The molecule has 0 bridgehead atoms. The number of rotatable bonds is 7. The normalized spacial score (nSPS) is 12.3. The van der Waals surface area contributed by atoms with Gasteiger partial charge in [0.2, 0.25) is 0 Å². The highest BCUT2D eigenvalue weighted by atomic mass is 16.2. The molecule has 0 saturated heterocycles. The first-order valence-corrected chi connectivity index (χ1v) is 7.56. The van der Waals surface area contributed by atoms with Gasteiger partial charge in [0.05, 0.1) is 11.3 Å². The molecule has 1 rings (SSSR count). The van der Waals surface area contributed by atoms with E-state index < -0.39 is 0 Å². The van der Waals surface area contributed by atoms with E-state index >= 15 is 0 Å². The van der Waals surface area contributed by atoms with Gasteiger partial charge in [-0.2, -0.15) is 0 Å². The number of hydrogen-bond donors (Lipinski definition) is 1. The summed E-state index contributed by atoms with van der Waals surface area (Å²) in [5, 5.41) is 3.26. The Bertz CT molecular complexity index is 473. The summed E-state index contributed by atoms with van der Waals surface area (Å²) < 4.78 is 0. The van der Waals surface area contributed by atoms with Gasteiger partial charge in [-0.05, 0) is 47.9 Å². The smallest absolute Gasteiger partial charge is 0.257 e. The van der Waals surface area contributed by atoms with Crippen molar-refractivity contribution in [3.05, 3.63) is 23.5 Å². The highest BCUT2D eigenvalue weighted by molar-refractivity contribution is 5.99. The van der Waals surface area contributed by atoms with E-state index in [9.17, 15) is 4.79 Å². The molecule has 1 unspecified atom stereocenters. The number of carbonyl (C=O) groups is 1. The first-order valence-electron chi connectivity index (χ1n) is 7.56. The topological polar surface area (TPSA) is 48.5 Å². The molecule has 0 aliphatic carbocycles. The molecule has 1 atom stereocenters. The third-order valence-electron chi connectivity index (χ3n) is 3.40. The monoisotopic (exact) mass is 292 g/mol. The Labute approximate surface area is 128 Å². The third-order valence-corrected chi connectivity index (χ3v) is 3.40. The molecule has 0 radical (unpaired) electrons. The molecular formula is C16H28N4O. The summed E-state index contributed by atoms with van der Waals surface area (Å²) in [6.07, 6.45) is 1.68. The molecule has 21 heavy (non-hydrogen) atoms. The molecule has 5 heteroatoms. The van der Waals surface area contributed by atoms with Crippen LogP contribution in [0, 0.1) is 6.92 Å². The van der Waals surface area contributed by atoms with Gasteiger partial charge in [-0.3, -0.25) is 9.78 Å². The minimum absolute atomic E-state index is 0.0373. The second kappa shape index (κ2) is 7.98. The SMILES string of the molecule is CCNc1cc(C)ncc1C(=O)N(CC)C(C)CN(C)C. The van der Waals surface area contributed by atoms with Crippen LogP contribution in [-0.4, -0.2) is 60.5 Å². The number of nitrogens with zero attached hydrogens (tertiary/aromatic N) is 3. The fraction of sp³-hybridized carbons (Fsp3) is 0.625. The molecule has 1 heterocycles. The molecule has 0 aliphatic heterocycles. The van der Waals surface area contributed by atoms with E-state index in [0.717, 1.165) is 24.5 Å². The summed E-state index contributed by atoms with van der Waals surface area (Å²) in [7, 11) is 4.04. The van der Waals surface area contributed by atoms with Crippen LogP contribution in [0.2, 0.25) is 0 Å². The van der Waals surface area contributed by atoms with Crippen molar-refractivity contribution < 1.29 is 4.79 Å². The van der Waals surface area contributed by atoms with Crippen LogP contribution in [-0.2, 0) is 0 Å². The number of aromatic nitrogens is 1. The molecule has 1 aromatic heterocycles. The molecule has 0 aromatic carbocycles. The standard InChI is InChI=1S/C16H28N4O/c1-7-17-15-9-12(3)18-10-14(15)16(21)20(8-2)13(4)11-19(5)6/h9-10,13H,7-8,11H2,1-6H3,(H,17,18). The van der Waals surface area contributed by atoms with E-state index in [1.54, 1.807) is 6.20 Å². The van der Waals surface area contributed by atoms with Gasteiger partial charge < -0.3 is 15.1 Å². The van der Waals surface area contributed by atoms with E-state index in [-0.39, 0.29) is 11.9 Å². The molecule has 0 saturated carbocycles. The van der Waals surface area contributed by atoms with Crippen LogP contribution in [0.25, 0.3) is 0 Å². The number of nitrogens with one attached hydrogen (secondary N) is 1. The van der Waals surface area contributed by atoms with Gasteiger partial charge in [-0.1, -0.05) is 0 Å². The molecule has 1 N–H and O–H groups in total. The second-order valence-corrected chi connectivity index (χ2v) is 5.60. The fourth-order valence-electron chi connectivity index (χ4n) is 2.50. The van der Waals surface area contributed by atoms with E-state index in [0.29, 0.717) is 12.1 Å². The zero-order valence-corrected chi connectivity index (χ0v) is 14.1. The maximum atomic E-state index is 12.8. The lowest BCUT2D eigenvalue weighted by Gasteiger charge is -2.30. The molecule has 118 valence electrons. The first-order chi connectivity index (χ1) is 9.90. The molecule has 0 fully saturated rings. The number of aryl methyl sites for hydroxylation is 1. The number of pyridine rings is 1. The first kappa shape index (κ1) is 17.4. The predicted octanol–water partition coefficient (Wildman–Crippen LogP) is 2.23. The summed E-state index contributed by atoms with van der Waals surface area (Å²) in [5.74, 6) is 0.0373. The number of hydrogen-bond acceptors (Lipinski definition) is 4. The average Bonchev–Trinajstić information content (AvgIpc) is 2.39. The van der Waals surface area contributed by atoms with Crippen molar-refractivity contribution in [2.24, 2.45) is 0 Å². The Balaban J connectivity index is 3.04. The minimum atomic E-state index is 0.0373. The highest BCUT2D eigenvalue weighted by Gasteiger charge is 2.23. The number of carbonyl (C=O) groups excluding carboxylic acids is 1. The minimum Gasteiger partial charge on any atom is -0.385 e. The van der Waals surface area contributed by atoms with Crippen molar-refractivity contribution in [2.45, 2.75) is 33.7 Å². The Morgan fingerprint density at radius 2 is 2.05 bits per heavy atom. The van der Waals surface area contributed by atoms with E-state index in [1.807, 2.05) is 45.8 Å². The summed E-state index contributed by atoms with van der Waals surface area (Å²) in [6.45, 7) is 10.4. The molecular weight excluding hydrogens is 264 g/mol. The molecule has 0 spiro atoms. The Kier molecular flexibility index (Phi) is 6.62. The lowest BCUT2D eigenvalue weighted by Crippen LogP contribution is -2.44. The number of amides is 1. The van der Waals surface area contributed by atoms with Crippen molar-refractivity contribution in [1.29, 1.82) is 0 Å². The highest BCUT2D eigenvalue weighted by Crippen LogP contribution is 2.19. The third kappa shape index (κ3) is 4.70. The van der Waals surface area contributed by atoms with Crippen LogP contribution in [0.3, 0.4) is 0 Å². The van der Waals surface area contributed by atoms with E-state index in [1.165, 1.54) is 0 Å². The van der Waals surface area contributed by atoms with Crippen LogP contribution < -0.4 is 5.32 Å². The van der Waals surface area contributed by atoms with Crippen LogP contribution >= 0.6 is 0 Å². The van der Waals surface area contributed by atoms with Gasteiger partial charge in [-0.15, -0.1) is 0 Å². The van der Waals surface area contributed by atoms with Crippen molar-refractivity contribution in [1.82, 2.24) is 14.8 Å². The van der Waals surface area contributed by atoms with Gasteiger partial charge in [0.1, 0.15) is 0 Å². The summed E-state index contributed by atoms with van der Waals surface area (Å²) in [4.78, 5) is 21.1. The van der Waals surface area contributed by atoms with Crippen LogP contribution in [0.1, 0.15) is 36.8 Å². The van der Waals surface area contributed by atoms with Gasteiger partial charge >= 0.3 is 0 Å². The summed E-state index contributed by atoms with van der Waals surface area (Å²) in [5.41, 5.74) is 2.42. The maximum Gasteiger partial charge on any atom is 0.257 e. The van der Waals surface area contributed by atoms with Crippen molar-refractivity contribution in [3.8, 4) is 0 Å². The van der Waals surface area contributed by atoms with Crippen LogP contribution in [0.15, 0.2) is 12.3 Å². The van der Waals surface area contributed by atoms with Crippen molar-refractivity contribution >= 4 is 11.6 Å². The van der Waals surface area contributed by atoms with Crippen LogP contribution in [0.4, 0.5) is 5.69 Å². The van der Waals surface area contributed by atoms with Crippen molar-refractivity contribution in [2.75, 3.05) is 39.0 Å². The lowest BCUT2D eigenvalue weighted by atomic mass is 10.1. The second-order valence-electron chi connectivity index (χ2n) is 5.60. The van der Waals surface area contributed by atoms with Crippen molar-refractivity contribution in [3.63, 3.8) is 0 Å². The lowest BCUT2D eigenvalue weighted by molar-refractivity contribution is 0.0679. The predicted molar refractivity (Wildman–Crippen MR) is 87.9 cm³/mol. The zero-order valence-electron chi connectivity index (χ0n) is 14.1.